The van der Waals surface area contributed by atoms with E-state index in [1.54, 1.807) is 24.3 Å². The average molecular weight is 421 g/mol. The molecule has 8 nitrogen and oxygen atoms in total. The lowest BCUT2D eigenvalue weighted by atomic mass is 9.98. The quantitative estimate of drug-likeness (QED) is 0.660. The van der Waals surface area contributed by atoms with Crippen LogP contribution in [0.15, 0.2) is 45.9 Å². The van der Waals surface area contributed by atoms with Gasteiger partial charge in [-0.2, -0.15) is 4.31 Å². The van der Waals surface area contributed by atoms with Gasteiger partial charge in [-0.3, -0.25) is 4.79 Å². The predicted molar refractivity (Wildman–Crippen MR) is 103 cm³/mol. The number of sulfonamides is 1. The first-order chi connectivity index (χ1) is 13.8. The normalized spacial score (nSPS) is 15.8. The molecule has 0 unspecified atom stereocenters. The Kier molecular flexibility index (Phi) is 6.39. The number of benzene rings is 1. The molecule has 0 spiro atoms. The maximum atomic E-state index is 12.7. The molecule has 0 amide bonds. The molecule has 1 aromatic carbocycles. The van der Waals surface area contributed by atoms with Gasteiger partial charge in [-0.1, -0.05) is 17.7 Å². The zero-order valence-corrected chi connectivity index (χ0v) is 17.1. The van der Waals surface area contributed by atoms with E-state index in [2.05, 4.69) is 4.74 Å². The van der Waals surface area contributed by atoms with Crippen molar-refractivity contribution in [1.29, 1.82) is 0 Å². The van der Waals surface area contributed by atoms with Crippen LogP contribution >= 0.6 is 0 Å². The smallest absolute Gasteiger partial charge is 0.341 e. The first-order valence-electron chi connectivity index (χ1n) is 9.21. The van der Waals surface area contributed by atoms with Gasteiger partial charge in [0.25, 0.3) is 0 Å². The van der Waals surface area contributed by atoms with Crippen molar-refractivity contribution in [1.82, 2.24) is 4.31 Å². The number of methoxy groups -OCH3 is 1. The summed E-state index contributed by atoms with van der Waals surface area (Å²) in [5.74, 6) is -1.20. The predicted octanol–water partition coefficient (Wildman–Crippen LogP) is 2.52. The Balaban J connectivity index is 1.55. The Labute approximate surface area is 169 Å². The lowest BCUT2D eigenvalue weighted by Crippen LogP contribution is -2.40. The third-order valence-electron chi connectivity index (χ3n) is 4.94. The second-order valence-corrected chi connectivity index (χ2v) is 8.79. The number of esters is 2. The number of carbonyl (C=O) groups is 2. The number of furan rings is 1. The third-order valence-corrected chi connectivity index (χ3v) is 6.86. The molecule has 9 heteroatoms. The highest BCUT2D eigenvalue weighted by Crippen LogP contribution is 2.25. The SMILES string of the molecule is COC(=O)c1ccoc1COC(=O)C1CCN(S(=O)(=O)c2ccc(C)cc2)CC1. The van der Waals surface area contributed by atoms with Gasteiger partial charge < -0.3 is 13.9 Å². The second kappa shape index (κ2) is 8.79. The molecule has 0 bridgehead atoms. The van der Waals surface area contributed by atoms with Crippen LogP contribution in [0.2, 0.25) is 0 Å². The number of hydrogen-bond acceptors (Lipinski definition) is 7. The molecule has 0 atom stereocenters. The third kappa shape index (κ3) is 4.68. The van der Waals surface area contributed by atoms with Crippen molar-refractivity contribution < 1.29 is 31.9 Å². The number of rotatable bonds is 6. The average Bonchev–Trinajstić information content (AvgIpc) is 3.20. The van der Waals surface area contributed by atoms with Gasteiger partial charge in [0.05, 0.1) is 24.2 Å². The monoisotopic (exact) mass is 421 g/mol. The molecular weight excluding hydrogens is 398 g/mol. The van der Waals surface area contributed by atoms with Crippen LogP contribution in [-0.2, 0) is 30.9 Å². The molecule has 0 radical (unpaired) electrons. The van der Waals surface area contributed by atoms with Crippen molar-refractivity contribution >= 4 is 22.0 Å². The number of carbonyl (C=O) groups excluding carboxylic acids is 2. The number of ether oxygens (including phenoxy) is 2. The lowest BCUT2D eigenvalue weighted by molar-refractivity contribution is -0.151. The Bertz CT molecular complexity index is 971. The van der Waals surface area contributed by atoms with Crippen LogP contribution in [0.25, 0.3) is 0 Å². The fourth-order valence-corrected chi connectivity index (χ4v) is 4.66. The van der Waals surface area contributed by atoms with Gasteiger partial charge in [0, 0.05) is 13.1 Å². The van der Waals surface area contributed by atoms with E-state index in [4.69, 9.17) is 9.15 Å². The molecule has 29 heavy (non-hydrogen) atoms. The molecule has 0 saturated carbocycles. The minimum atomic E-state index is -3.58. The molecule has 3 rings (SSSR count). The van der Waals surface area contributed by atoms with E-state index in [1.807, 2.05) is 6.92 Å². The molecule has 2 heterocycles. The van der Waals surface area contributed by atoms with E-state index in [0.29, 0.717) is 12.8 Å². The van der Waals surface area contributed by atoms with Gasteiger partial charge in [-0.25, -0.2) is 13.2 Å². The van der Waals surface area contributed by atoms with Crippen molar-refractivity contribution in [3.63, 3.8) is 0 Å². The number of aryl methyl sites for hydroxylation is 1. The highest BCUT2D eigenvalue weighted by molar-refractivity contribution is 7.89. The minimum Gasteiger partial charge on any atom is -0.465 e. The minimum absolute atomic E-state index is 0.182. The molecule has 1 aliphatic heterocycles. The summed E-state index contributed by atoms with van der Waals surface area (Å²) in [5, 5.41) is 0. The summed E-state index contributed by atoms with van der Waals surface area (Å²) in [6.07, 6.45) is 2.06. The second-order valence-electron chi connectivity index (χ2n) is 6.85. The van der Waals surface area contributed by atoms with Gasteiger partial charge in [-0.15, -0.1) is 0 Å². The Morgan fingerprint density at radius 3 is 2.41 bits per heavy atom. The zero-order chi connectivity index (χ0) is 21.0. The Morgan fingerprint density at radius 1 is 1.14 bits per heavy atom. The number of nitrogens with zero attached hydrogens (tertiary/aromatic N) is 1. The summed E-state index contributed by atoms with van der Waals surface area (Å²) in [5.41, 5.74) is 1.19. The van der Waals surface area contributed by atoms with Crippen molar-refractivity contribution in [2.24, 2.45) is 5.92 Å². The highest BCUT2D eigenvalue weighted by atomic mass is 32.2. The van der Waals surface area contributed by atoms with E-state index in [1.165, 1.54) is 23.7 Å². The van der Waals surface area contributed by atoms with E-state index in [9.17, 15) is 18.0 Å². The molecule has 0 N–H and O–H groups in total. The van der Waals surface area contributed by atoms with Gasteiger partial charge in [0.15, 0.2) is 5.76 Å². The van der Waals surface area contributed by atoms with Gasteiger partial charge in [-0.05, 0) is 38.0 Å². The summed E-state index contributed by atoms with van der Waals surface area (Å²) in [4.78, 5) is 24.2. The maximum absolute atomic E-state index is 12.7. The van der Waals surface area contributed by atoms with Crippen molar-refractivity contribution in [3.8, 4) is 0 Å². The van der Waals surface area contributed by atoms with Crippen molar-refractivity contribution in [2.75, 3.05) is 20.2 Å². The maximum Gasteiger partial charge on any atom is 0.341 e. The van der Waals surface area contributed by atoms with Crippen molar-refractivity contribution in [2.45, 2.75) is 31.3 Å². The Morgan fingerprint density at radius 2 is 1.79 bits per heavy atom. The molecule has 1 aromatic heterocycles. The topological polar surface area (TPSA) is 103 Å². The molecule has 1 aliphatic rings. The van der Waals surface area contributed by atoms with E-state index < -0.39 is 27.9 Å². The van der Waals surface area contributed by atoms with Crippen LogP contribution in [0, 0.1) is 12.8 Å². The van der Waals surface area contributed by atoms with E-state index >= 15 is 0 Å². The highest BCUT2D eigenvalue weighted by Gasteiger charge is 2.33. The number of piperidine rings is 1. The summed E-state index contributed by atoms with van der Waals surface area (Å²) < 4.78 is 42.0. The standard InChI is InChI=1S/C20H23NO7S/c1-14-3-5-16(6-4-14)29(24,25)21-10-7-15(8-11-21)19(22)28-13-18-17(9-12-27-18)20(23)26-2/h3-6,9,12,15H,7-8,10-11,13H2,1-2H3. The molecule has 1 fully saturated rings. The van der Waals surface area contributed by atoms with Crippen LogP contribution in [0.1, 0.15) is 34.5 Å². The molecule has 0 aliphatic carbocycles. The fourth-order valence-electron chi connectivity index (χ4n) is 3.19. The summed E-state index contributed by atoms with van der Waals surface area (Å²) in [7, 11) is -2.33. The van der Waals surface area contributed by atoms with Crippen LogP contribution in [0.3, 0.4) is 0 Å². The van der Waals surface area contributed by atoms with E-state index in [-0.39, 0.29) is 35.9 Å². The van der Waals surface area contributed by atoms with Crippen LogP contribution in [0.5, 0.6) is 0 Å². The first-order valence-corrected chi connectivity index (χ1v) is 10.6. The summed E-state index contributed by atoms with van der Waals surface area (Å²) in [6.45, 7) is 2.19. The summed E-state index contributed by atoms with van der Waals surface area (Å²) in [6, 6.07) is 8.15. The van der Waals surface area contributed by atoms with Gasteiger partial charge >= 0.3 is 11.9 Å². The molecular formula is C20H23NO7S. The van der Waals surface area contributed by atoms with Crippen LogP contribution in [-0.4, -0.2) is 44.9 Å². The van der Waals surface area contributed by atoms with Crippen LogP contribution in [0.4, 0.5) is 0 Å². The summed E-state index contributed by atoms with van der Waals surface area (Å²) >= 11 is 0. The van der Waals surface area contributed by atoms with Gasteiger partial charge in [0.2, 0.25) is 10.0 Å². The van der Waals surface area contributed by atoms with Gasteiger partial charge in [0.1, 0.15) is 12.2 Å². The molecule has 1 saturated heterocycles. The largest absolute Gasteiger partial charge is 0.465 e. The fraction of sp³-hybridized carbons (Fsp3) is 0.400. The zero-order valence-electron chi connectivity index (χ0n) is 16.3. The number of hydrogen-bond donors (Lipinski definition) is 0. The molecule has 156 valence electrons. The van der Waals surface area contributed by atoms with Crippen LogP contribution < -0.4 is 0 Å². The van der Waals surface area contributed by atoms with Crippen molar-refractivity contribution in [3.05, 3.63) is 53.5 Å². The molecule has 2 aromatic rings. The first kappa shape index (κ1) is 21.1. The lowest BCUT2D eigenvalue weighted by Gasteiger charge is -2.30. The van der Waals surface area contributed by atoms with E-state index in [0.717, 1.165) is 5.56 Å². The Hall–Kier alpha value is -2.65.